The molecule has 0 fully saturated rings. The van der Waals surface area contributed by atoms with Crippen molar-refractivity contribution in [3.63, 3.8) is 0 Å². The summed E-state index contributed by atoms with van der Waals surface area (Å²) in [6.45, 7) is 0. The summed E-state index contributed by atoms with van der Waals surface area (Å²) in [4.78, 5) is 15.2. The molecule has 0 saturated heterocycles. The highest BCUT2D eigenvalue weighted by Gasteiger charge is 2.27. The van der Waals surface area contributed by atoms with Gasteiger partial charge in [-0.05, 0) is 41.5 Å². The number of fused-ring (bicyclic) bond motifs is 1. The van der Waals surface area contributed by atoms with Gasteiger partial charge in [0, 0.05) is 18.0 Å². The van der Waals surface area contributed by atoms with E-state index < -0.39 is 0 Å². The van der Waals surface area contributed by atoms with Crippen molar-refractivity contribution in [1.82, 2.24) is 4.90 Å². The van der Waals surface area contributed by atoms with Crippen LogP contribution in [0.2, 0.25) is 0 Å². The zero-order chi connectivity index (χ0) is 13.9. The van der Waals surface area contributed by atoms with Gasteiger partial charge in [0.1, 0.15) is 0 Å². The van der Waals surface area contributed by atoms with E-state index in [1.54, 1.807) is 17.4 Å². The summed E-state index contributed by atoms with van der Waals surface area (Å²) in [5.41, 5.74) is 2.67. The molecule has 20 heavy (non-hydrogen) atoms. The Balaban J connectivity index is 1.73. The van der Waals surface area contributed by atoms with Crippen molar-refractivity contribution >= 4 is 23.3 Å². The second-order valence-corrected chi connectivity index (χ2v) is 6.03. The van der Waals surface area contributed by atoms with Gasteiger partial charge in [0.15, 0.2) is 0 Å². The van der Waals surface area contributed by atoms with Gasteiger partial charge in [-0.3, -0.25) is 4.79 Å². The van der Waals surface area contributed by atoms with Crippen molar-refractivity contribution in [3.05, 3.63) is 63.9 Å². The van der Waals surface area contributed by atoms with Crippen molar-refractivity contribution in [2.75, 3.05) is 7.05 Å². The van der Waals surface area contributed by atoms with Gasteiger partial charge in [-0.2, -0.15) is 0 Å². The van der Waals surface area contributed by atoms with Gasteiger partial charge >= 0.3 is 0 Å². The third-order valence-electron chi connectivity index (χ3n) is 3.85. The maximum Gasteiger partial charge on any atom is 0.246 e. The summed E-state index contributed by atoms with van der Waals surface area (Å²) in [7, 11) is 1.90. The third kappa shape index (κ3) is 2.54. The van der Waals surface area contributed by atoms with Crippen LogP contribution in [0.15, 0.2) is 47.9 Å². The number of nitrogens with zero attached hydrogens (tertiary/aromatic N) is 1. The normalized spacial score (nSPS) is 17.4. The Morgan fingerprint density at radius 2 is 2.15 bits per heavy atom. The Kier molecular flexibility index (Phi) is 3.70. The first-order valence-electron chi connectivity index (χ1n) is 6.82. The van der Waals surface area contributed by atoms with Gasteiger partial charge in [0.25, 0.3) is 0 Å². The number of rotatable bonds is 3. The number of likely N-dealkylation sites (N-methyl/N-ethyl adjacent to an activating group) is 1. The van der Waals surface area contributed by atoms with Crippen molar-refractivity contribution in [3.8, 4) is 0 Å². The number of amides is 1. The van der Waals surface area contributed by atoms with Gasteiger partial charge in [-0.15, -0.1) is 11.3 Å². The second kappa shape index (κ2) is 5.63. The van der Waals surface area contributed by atoms with E-state index in [4.69, 9.17) is 0 Å². The van der Waals surface area contributed by atoms with E-state index in [0.717, 1.165) is 17.7 Å². The molecular weight excluding hydrogens is 266 g/mol. The number of thiophene rings is 1. The van der Waals surface area contributed by atoms with Crippen LogP contribution < -0.4 is 0 Å². The lowest BCUT2D eigenvalue weighted by Crippen LogP contribution is -2.28. The predicted octanol–water partition coefficient (Wildman–Crippen LogP) is 3.91. The molecule has 2 nitrogen and oxygen atoms in total. The standard InChI is InChI=1S/C17H17NOS/c1-18(17(19)11-9-14-6-4-12-20-14)16-10-8-13-5-2-3-7-15(13)16/h2-7,9,11-12,16H,8,10H2,1H3/b11-9+. The Morgan fingerprint density at radius 1 is 1.30 bits per heavy atom. The molecule has 0 aliphatic heterocycles. The molecule has 1 amide bonds. The van der Waals surface area contributed by atoms with Gasteiger partial charge < -0.3 is 4.90 Å². The van der Waals surface area contributed by atoms with Crippen LogP contribution in [-0.4, -0.2) is 17.9 Å². The van der Waals surface area contributed by atoms with Crippen LogP contribution in [0, 0.1) is 0 Å². The summed E-state index contributed by atoms with van der Waals surface area (Å²) in [5, 5.41) is 2.01. The van der Waals surface area contributed by atoms with Gasteiger partial charge in [0.2, 0.25) is 5.91 Å². The second-order valence-electron chi connectivity index (χ2n) is 5.05. The molecule has 1 aromatic heterocycles. The average molecular weight is 283 g/mol. The van der Waals surface area contributed by atoms with E-state index >= 15 is 0 Å². The van der Waals surface area contributed by atoms with E-state index in [1.807, 2.05) is 35.5 Å². The maximum absolute atomic E-state index is 12.3. The zero-order valence-corrected chi connectivity index (χ0v) is 12.3. The molecule has 1 atom stereocenters. The lowest BCUT2D eigenvalue weighted by atomic mass is 10.1. The zero-order valence-electron chi connectivity index (χ0n) is 11.5. The monoisotopic (exact) mass is 283 g/mol. The number of carbonyl (C=O) groups excluding carboxylic acids is 1. The first-order valence-corrected chi connectivity index (χ1v) is 7.70. The highest BCUT2D eigenvalue weighted by atomic mass is 32.1. The number of benzene rings is 1. The summed E-state index contributed by atoms with van der Waals surface area (Å²) in [6, 6.07) is 12.6. The Hall–Kier alpha value is -1.87. The fourth-order valence-corrected chi connectivity index (χ4v) is 3.37. The molecule has 0 radical (unpaired) electrons. The van der Waals surface area contributed by atoms with Crippen LogP contribution in [0.1, 0.15) is 28.5 Å². The molecule has 1 aromatic carbocycles. The Morgan fingerprint density at radius 3 is 2.95 bits per heavy atom. The third-order valence-corrected chi connectivity index (χ3v) is 4.69. The minimum atomic E-state index is 0.0695. The SMILES string of the molecule is CN(C(=O)/C=C/c1cccs1)C1CCc2ccccc21. The van der Waals surface area contributed by atoms with Gasteiger partial charge in [0.05, 0.1) is 6.04 Å². The summed E-state index contributed by atoms with van der Waals surface area (Å²) in [6.07, 6.45) is 5.65. The van der Waals surface area contributed by atoms with Crippen molar-refractivity contribution < 1.29 is 4.79 Å². The Bertz CT molecular complexity index is 630. The first-order chi connectivity index (χ1) is 9.75. The smallest absolute Gasteiger partial charge is 0.246 e. The van der Waals surface area contributed by atoms with E-state index in [0.29, 0.717) is 0 Å². The summed E-state index contributed by atoms with van der Waals surface area (Å²) in [5.74, 6) is 0.0695. The molecule has 3 rings (SSSR count). The molecule has 0 bridgehead atoms. The molecule has 1 aliphatic carbocycles. The molecule has 0 spiro atoms. The van der Waals surface area contributed by atoms with Crippen LogP contribution in [0.5, 0.6) is 0 Å². The molecule has 2 aromatic rings. The molecule has 0 N–H and O–H groups in total. The average Bonchev–Trinajstić information content (AvgIpc) is 3.13. The molecule has 1 unspecified atom stereocenters. The van der Waals surface area contributed by atoms with Crippen molar-refractivity contribution in [2.45, 2.75) is 18.9 Å². The minimum absolute atomic E-state index is 0.0695. The number of carbonyl (C=O) groups is 1. The highest BCUT2D eigenvalue weighted by Crippen LogP contribution is 2.34. The molecule has 102 valence electrons. The van der Waals surface area contributed by atoms with Gasteiger partial charge in [-0.1, -0.05) is 30.3 Å². The minimum Gasteiger partial charge on any atom is -0.335 e. The van der Waals surface area contributed by atoms with E-state index in [9.17, 15) is 4.79 Å². The molecule has 0 saturated carbocycles. The Labute approximate surface area is 123 Å². The number of hydrogen-bond acceptors (Lipinski definition) is 2. The molecule has 3 heteroatoms. The quantitative estimate of drug-likeness (QED) is 0.782. The van der Waals surface area contributed by atoms with Crippen LogP contribution in [0.25, 0.3) is 6.08 Å². The van der Waals surface area contributed by atoms with Crippen LogP contribution in [0.3, 0.4) is 0 Å². The predicted molar refractivity (Wildman–Crippen MR) is 83.6 cm³/mol. The topological polar surface area (TPSA) is 20.3 Å². The van der Waals surface area contributed by atoms with Crippen molar-refractivity contribution in [2.24, 2.45) is 0 Å². The lowest BCUT2D eigenvalue weighted by Gasteiger charge is -2.24. The van der Waals surface area contributed by atoms with Gasteiger partial charge in [-0.25, -0.2) is 0 Å². The van der Waals surface area contributed by atoms with E-state index in [1.165, 1.54) is 11.1 Å². The highest BCUT2D eigenvalue weighted by molar-refractivity contribution is 7.10. The molecular formula is C17H17NOS. The summed E-state index contributed by atoms with van der Waals surface area (Å²) < 4.78 is 0. The summed E-state index contributed by atoms with van der Waals surface area (Å²) >= 11 is 1.64. The first kappa shape index (κ1) is 13.1. The largest absolute Gasteiger partial charge is 0.335 e. The van der Waals surface area contributed by atoms with Crippen molar-refractivity contribution in [1.29, 1.82) is 0 Å². The molecule has 1 aliphatic rings. The fourth-order valence-electron chi connectivity index (χ4n) is 2.75. The van der Waals surface area contributed by atoms with E-state index in [2.05, 4.69) is 24.3 Å². The van der Waals surface area contributed by atoms with E-state index in [-0.39, 0.29) is 11.9 Å². The van der Waals surface area contributed by atoms with Crippen LogP contribution in [0.4, 0.5) is 0 Å². The molecule has 1 heterocycles. The number of hydrogen-bond donors (Lipinski definition) is 0. The number of aryl methyl sites for hydroxylation is 1. The lowest BCUT2D eigenvalue weighted by molar-refractivity contribution is -0.126. The van der Waals surface area contributed by atoms with Crippen LogP contribution >= 0.6 is 11.3 Å². The fraction of sp³-hybridized carbons (Fsp3) is 0.235. The van der Waals surface area contributed by atoms with Crippen LogP contribution in [-0.2, 0) is 11.2 Å². The maximum atomic E-state index is 12.3.